The van der Waals surface area contributed by atoms with Crippen molar-refractivity contribution < 1.29 is 4.79 Å². The van der Waals surface area contributed by atoms with Gasteiger partial charge in [0.1, 0.15) is 0 Å². The van der Waals surface area contributed by atoms with Crippen molar-refractivity contribution in [3.05, 3.63) is 57.9 Å². The third-order valence-corrected chi connectivity index (χ3v) is 4.74. The minimum atomic E-state index is -0.194. The van der Waals surface area contributed by atoms with Gasteiger partial charge >= 0.3 is 0 Å². The molecule has 1 amide bonds. The summed E-state index contributed by atoms with van der Waals surface area (Å²) >= 11 is 2.90. The van der Waals surface area contributed by atoms with Crippen molar-refractivity contribution in [2.24, 2.45) is 0 Å². The van der Waals surface area contributed by atoms with E-state index in [4.69, 9.17) is 0 Å². The third-order valence-electron chi connectivity index (χ3n) is 3.24. The Balaban J connectivity index is 1.65. The van der Waals surface area contributed by atoms with E-state index < -0.39 is 0 Å². The Morgan fingerprint density at radius 3 is 2.78 bits per heavy atom. The number of carbonyl (C=O) groups excluding carboxylic acids is 1. The molecule has 0 unspecified atom stereocenters. The van der Waals surface area contributed by atoms with Crippen molar-refractivity contribution in [3.63, 3.8) is 0 Å². The average molecular weight is 341 g/mol. The highest BCUT2D eigenvalue weighted by atomic mass is 32.1. The van der Waals surface area contributed by atoms with Gasteiger partial charge in [-0.05, 0) is 18.1 Å². The minimum Gasteiger partial charge on any atom is -0.298 e. The van der Waals surface area contributed by atoms with Crippen LogP contribution in [0.15, 0.2) is 47.4 Å². The molecular formula is C17H15N3OS2. The number of anilines is 1. The van der Waals surface area contributed by atoms with Crippen molar-refractivity contribution in [2.45, 2.75) is 13.3 Å². The van der Waals surface area contributed by atoms with E-state index in [1.165, 1.54) is 34.3 Å². The molecule has 0 spiro atoms. The molecule has 2 aromatic heterocycles. The van der Waals surface area contributed by atoms with Crippen LogP contribution in [0, 0.1) is 0 Å². The molecule has 0 fully saturated rings. The lowest BCUT2D eigenvalue weighted by atomic mass is 10.1. The number of nitrogens with zero attached hydrogens (tertiary/aromatic N) is 2. The summed E-state index contributed by atoms with van der Waals surface area (Å²) in [4.78, 5) is 21.3. The molecule has 0 aliphatic rings. The number of carbonyl (C=O) groups is 1. The molecule has 116 valence electrons. The van der Waals surface area contributed by atoms with Crippen LogP contribution in [-0.2, 0) is 11.2 Å². The molecule has 1 aromatic carbocycles. The molecule has 1 N–H and O–H groups in total. The van der Waals surface area contributed by atoms with E-state index in [0.717, 1.165) is 22.6 Å². The first-order valence-corrected chi connectivity index (χ1v) is 8.93. The lowest BCUT2D eigenvalue weighted by molar-refractivity contribution is -0.111. The van der Waals surface area contributed by atoms with Gasteiger partial charge in [-0.1, -0.05) is 31.2 Å². The molecule has 0 bridgehead atoms. The van der Waals surface area contributed by atoms with E-state index in [1.807, 2.05) is 5.38 Å². The van der Waals surface area contributed by atoms with Gasteiger partial charge in [0, 0.05) is 28.1 Å². The first kappa shape index (κ1) is 15.6. The lowest BCUT2D eigenvalue weighted by Crippen LogP contribution is -2.07. The van der Waals surface area contributed by atoms with Crippen LogP contribution in [0.3, 0.4) is 0 Å². The maximum absolute atomic E-state index is 11.9. The highest BCUT2D eigenvalue weighted by Gasteiger charge is 2.06. The van der Waals surface area contributed by atoms with Gasteiger partial charge in [0.2, 0.25) is 5.91 Å². The lowest BCUT2D eigenvalue weighted by Gasteiger charge is -1.99. The van der Waals surface area contributed by atoms with Crippen LogP contribution in [0.1, 0.15) is 17.4 Å². The van der Waals surface area contributed by atoms with Crippen LogP contribution in [0.5, 0.6) is 0 Å². The molecular weight excluding hydrogens is 326 g/mol. The van der Waals surface area contributed by atoms with Gasteiger partial charge in [-0.15, -0.1) is 22.7 Å². The summed E-state index contributed by atoms with van der Waals surface area (Å²) in [5.74, 6) is -0.194. The molecule has 0 aliphatic carbocycles. The highest BCUT2D eigenvalue weighted by molar-refractivity contribution is 7.14. The summed E-state index contributed by atoms with van der Waals surface area (Å²) in [5.41, 5.74) is 4.96. The number of thiazole rings is 2. The Kier molecular flexibility index (Phi) is 4.95. The second-order valence-corrected chi connectivity index (χ2v) is 6.59. The predicted octanol–water partition coefficient (Wildman–Crippen LogP) is 4.48. The molecule has 23 heavy (non-hydrogen) atoms. The predicted molar refractivity (Wildman–Crippen MR) is 96.7 cm³/mol. The van der Waals surface area contributed by atoms with E-state index in [2.05, 4.69) is 46.5 Å². The van der Waals surface area contributed by atoms with Gasteiger partial charge < -0.3 is 0 Å². The van der Waals surface area contributed by atoms with Crippen LogP contribution >= 0.6 is 22.7 Å². The highest BCUT2D eigenvalue weighted by Crippen LogP contribution is 2.25. The number of hydrogen-bond acceptors (Lipinski definition) is 5. The summed E-state index contributed by atoms with van der Waals surface area (Å²) < 4.78 is 0. The first-order valence-electron chi connectivity index (χ1n) is 7.17. The van der Waals surface area contributed by atoms with E-state index in [-0.39, 0.29) is 5.91 Å². The average Bonchev–Trinajstić information content (AvgIpc) is 3.25. The fourth-order valence-corrected chi connectivity index (χ4v) is 3.22. The molecule has 0 saturated heterocycles. The number of benzene rings is 1. The fourth-order valence-electron chi connectivity index (χ4n) is 1.99. The van der Waals surface area contributed by atoms with Crippen molar-refractivity contribution in [2.75, 3.05) is 5.32 Å². The van der Waals surface area contributed by atoms with E-state index in [0.29, 0.717) is 5.13 Å². The summed E-state index contributed by atoms with van der Waals surface area (Å²) in [6, 6.07) is 8.32. The molecule has 0 aliphatic heterocycles. The SMILES string of the molecule is CCc1ccc(-c2csc(NC(=O)/C=C/c3cncs3)n2)cc1. The number of aryl methyl sites for hydroxylation is 1. The summed E-state index contributed by atoms with van der Waals surface area (Å²) in [5, 5.41) is 5.33. The van der Waals surface area contributed by atoms with Gasteiger partial charge in [-0.25, -0.2) is 4.98 Å². The minimum absolute atomic E-state index is 0.194. The van der Waals surface area contributed by atoms with E-state index >= 15 is 0 Å². The zero-order valence-corrected chi connectivity index (χ0v) is 14.2. The molecule has 0 atom stereocenters. The molecule has 6 heteroatoms. The zero-order valence-electron chi connectivity index (χ0n) is 12.5. The quantitative estimate of drug-likeness (QED) is 0.696. The molecule has 2 heterocycles. The number of hydrogen-bond donors (Lipinski definition) is 1. The summed E-state index contributed by atoms with van der Waals surface area (Å²) in [6.07, 6.45) is 5.97. The van der Waals surface area contributed by atoms with Crippen molar-refractivity contribution in [1.82, 2.24) is 9.97 Å². The Morgan fingerprint density at radius 2 is 2.09 bits per heavy atom. The Bertz CT molecular complexity index is 805. The normalized spacial score (nSPS) is 11.0. The molecule has 4 nitrogen and oxygen atoms in total. The molecule has 0 saturated carbocycles. The first-order chi connectivity index (χ1) is 11.2. The van der Waals surface area contributed by atoms with Gasteiger partial charge in [0.05, 0.1) is 11.2 Å². The largest absolute Gasteiger partial charge is 0.298 e. The number of aromatic nitrogens is 2. The van der Waals surface area contributed by atoms with Crippen LogP contribution in [0.2, 0.25) is 0 Å². The Hall–Kier alpha value is -2.31. The molecule has 3 aromatic rings. The summed E-state index contributed by atoms with van der Waals surface area (Å²) in [7, 11) is 0. The Morgan fingerprint density at radius 1 is 1.26 bits per heavy atom. The van der Waals surface area contributed by atoms with Gasteiger partial charge in [-0.3, -0.25) is 15.1 Å². The van der Waals surface area contributed by atoms with E-state index in [1.54, 1.807) is 17.8 Å². The number of nitrogens with one attached hydrogen (secondary N) is 1. The van der Waals surface area contributed by atoms with Crippen molar-refractivity contribution in [1.29, 1.82) is 0 Å². The Labute approximate surface area is 142 Å². The fraction of sp³-hybridized carbons (Fsp3) is 0.118. The topological polar surface area (TPSA) is 54.9 Å². The molecule has 0 radical (unpaired) electrons. The number of amides is 1. The zero-order chi connectivity index (χ0) is 16.1. The van der Waals surface area contributed by atoms with Gasteiger partial charge in [-0.2, -0.15) is 0 Å². The smallest absolute Gasteiger partial charge is 0.250 e. The van der Waals surface area contributed by atoms with E-state index in [9.17, 15) is 4.79 Å². The second kappa shape index (κ2) is 7.30. The van der Waals surface area contributed by atoms with Gasteiger partial charge in [0.15, 0.2) is 5.13 Å². The van der Waals surface area contributed by atoms with Crippen molar-refractivity contribution in [3.8, 4) is 11.3 Å². The second-order valence-electron chi connectivity index (χ2n) is 4.81. The maximum Gasteiger partial charge on any atom is 0.250 e. The van der Waals surface area contributed by atoms with Crippen molar-refractivity contribution >= 4 is 39.8 Å². The van der Waals surface area contributed by atoms with Crippen LogP contribution < -0.4 is 5.32 Å². The van der Waals surface area contributed by atoms with Crippen LogP contribution in [0.4, 0.5) is 5.13 Å². The third kappa shape index (κ3) is 4.12. The molecule has 3 rings (SSSR count). The number of rotatable bonds is 5. The summed E-state index contributed by atoms with van der Waals surface area (Å²) in [6.45, 7) is 2.13. The maximum atomic E-state index is 11.9. The van der Waals surface area contributed by atoms with Crippen LogP contribution in [0.25, 0.3) is 17.3 Å². The van der Waals surface area contributed by atoms with Crippen LogP contribution in [-0.4, -0.2) is 15.9 Å². The van der Waals surface area contributed by atoms with Gasteiger partial charge in [0.25, 0.3) is 0 Å². The monoisotopic (exact) mass is 341 g/mol. The standard InChI is InChI=1S/C17H15N3OS2/c1-2-12-3-5-13(6-4-12)15-10-22-17(19-15)20-16(21)8-7-14-9-18-11-23-14/h3-11H,2H2,1H3,(H,19,20,21)/b8-7+.